The lowest BCUT2D eigenvalue weighted by Crippen LogP contribution is -2.27. The standard InChI is InChI=1S/C24H33N5O4S/c1-9-16(18-12-14(2)13-33-18)25-21-22(27-34(32)26-21)29(8)17-11-10-15(24(3,4)5)19(20(17)30)23(31)28(6)7/h10-13,16,30H,9H2,1-8H3,(H,25,26)/t16-,34?/m1/s1. The summed E-state index contributed by atoms with van der Waals surface area (Å²) in [5, 5.41) is 14.5. The van der Waals surface area contributed by atoms with Gasteiger partial charge in [0.25, 0.3) is 5.91 Å². The molecule has 0 spiro atoms. The number of nitrogens with one attached hydrogen (secondary N) is 1. The number of carbonyl (C=O) groups excluding carboxylic acids is 1. The van der Waals surface area contributed by atoms with E-state index >= 15 is 0 Å². The van der Waals surface area contributed by atoms with E-state index < -0.39 is 11.1 Å². The average molecular weight is 488 g/mol. The van der Waals surface area contributed by atoms with Crippen molar-refractivity contribution >= 4 is 34.4 Å². The number of rotatable bonds is 7. The number of nitrogens with zero attached hydrogens (tertiary/aromatic N) is 4. The van der Waals surface area contributed by atoms with Crippen LogP contribution in [0.1, 0.15) is 67.4 Å². The Kier molecular flexibility index (Phi) is 7.23. The van der Waals surface area contributed by atoms with Gasteiger partial charge in [0.1, 0.15) is 5.76 Å². The number of amides is 1. The molecule has 0 fully saturated rings. The van der Waals surface area contributed by atoms with Gasteiger partial charge >= 0.3 is 0 Å². The number of furan rings is 1. The van der Waals surface area contributed by atoms with E-state index in [0.29, 0.717) is 23.7 Å². The number of phenolic OH excluding ortho intramolecular Hbond substituents is 1. The number of aromatic hydroxyl groups is 1. The Labute approximate surface area is 203 Å². The third-order valence-corrected chi connectivity index (χ3v) is 6.29. The van der Waals surface area contributed by atoms with Crippen LogP contribution in [-0.2, 0) is 5.41 Å². The number of hydrogen-bond acceptors (Lipinski definition) is 8. The van der Waals surface area contributed by atoms with Gasteiger partial charge in [-0.1, -0.05) is 33.8 Å². The fraction of sp³-hybridized carbons (Fsp3) is 0.458. The van der Waals surface area contributed by atoms with Crippen LogP contribution in [0.25, 0.3) is 0 Å². The van der Waals surface area contributed by atoms with Crippen molar-refractivity contribution in [1.29, 1.82) is 0 Å². The summed E-state index contributed by atoms with van der Waals surface area (Å²) in [4.78, 5) is 16.0. The van der Waals surface area contributed by atoms with Gasteiger partial charge in [0.2, 0.25) is 11.6 Å². The van der Waals surface area contributed by atoms with Crippen LogP contribution in [0.5, 0.6) is 5.75 Å². The normalized spacial score (nSPS) is 13.0. The first-order valence-corrected chi connectivity index (χ1v) is 12.1. The number of phenols is 1. The van der Waals surface area contributed by atoms with E-state index in [1.165, 1.54) is 4.90 Å². The molecule has 2 aromatic heterocycles. The van der Waals surface area contributed by atoms with Crippen LogP contribution in [0.4, 0.5) is 17.3 Å². The second-order valence-corrected chi connectivity index (χ2v) is 10.4. The molecule has 2 heterocycles. The van der Waals surface area contributed by atoms with Crippen molar-refractivity contribution in [1.82, 2.24) is 13.6 Å². The molecule has 10 heteroatoms. The molecule has 2 N–H and O–H groups in total. The molecule has 0 saturated carbocycles. The van der Waals surface area contributed by atoms with E-state index in [1.54, 1.807) is 38.4 Å². The molecular weight excluding hydrogens is 454 g/mol. The molecular formula is C24H33N5O4S. The van der Waals surface area contributed by atoms with Crippen LogP contribution < -0.4 is 10.2 Å². The summed E-state index contributed by atoms with van der Waals surface area (Å²) in [6, 6.07) is 5.30. The van der Waals surface area contributed by atoms with Crippen molar-refractivity contribution in [3.8, 4) is 5.75 Å². The van der Waals surface area contributed by atoms with Crippen LogP contribution in [0.3, 0.4) is 0 Å². The topological polar surface area (TPSA) is 118 Å². The van der Waals surface area contributed by atoms with Crippen LogP contribution in [-0.4, -0.2) is 50.4 Å². The van der Waals surface area contributed by atoms with Gasteiger partial charge in [0, 0.05) is 29.9 Å². The maximum Gasteiger partial charge on any atom is 0.257 e. The number of carbonyl (C=O) groups is 1. The second kappa shape index (κ2) is 9.63. The second-order valence-electron chi connectivity index (χ2n) is 9.58. The summed E-state index contributed by atoms with van der Waals surface area (Å²) in [6.45, 7) is 9.89. The van der Waals surface area contributed by atoms with Crippen molar-refractivity contribution in [3.05, 3.63) is 46.9 Å². The van der Waals surface area contributed by atoms with E-state index in [9.17, 15) is 14.5 Å². The number of aromatic nitrogens is 2. The highest BCUT2D eigenvalue weighted by atomic mass is 32.2. The van der Waals surface area contributed by atoms with E-state index in [0.717, 1.165) is 16.9 Å². The Bertz CT molecular complexity index is 1180. The van der Waals surface area contributed by atoms with Gasteiger partial charge in [-0.15, -0.1) is 0 Å². The van der Waals surface area contributed by atoms with Crippen molar-refractivity contribution in [2.45, 2.75) is 52.5 Å². The predicted molar refractivity (Wildman–Crippen MR) is 134 cm³/mol. The zero-order chi connectivity index (χ0) is 25.4. The van der Waals surface area contributed by atoms with Gasteiger partial charge in [-0.3, -0.25) is 4.79 Å². The van der Waals surface area contributed by atoms with E-state index in [-0.39, 0.29) is 28.7 Å². The monoisotopic (exact) mass is 487 g/mol. The van der Waals surface area contributed by atoms with E-state index in [4.69, 9.17) is 4.42 Å². The Morgan fingerprint density at radius 1 is 1.26 bits per heavy atom. The summed E-state index contributed by atoms with van der Waals surface area (Å²) in [6.07, 6.45) is 2.37. The van der Waals surface area contributed by atoms with Gasteiger partial charge in [-0.2, -0.15) is 0 Å². The highest BCUT2D eigenvalue weighted by molar-refractivity contribution is 7.14. The molecule has 0 aliphatic heterocycles. The predicted octanol–water partition coefficient (Wildman–Crippen LogP) is 5.14. The van der Waals surface area contributed by atoms with Gasteiger partial charge in [-0.05, 0) is 42.0 Å². The SMILES string of the molecule is CC[C@@H](Nc1n[s+]([O-])nc1N(C)c1ccc(C(C)(C)C)c(C(=O)N(C)C)c1O)c1cc(C)co1. The molecule has 1 unspecified atom stereocenters. The van der Waals surface area contributed by atoms with Crippen molar-refractivity contribution in [3.63, 3.8) is 0 Å². The Morgan fingerprint density at radius 3 is 2.47 bits per heavy atom. The van der Waals surface area contributed by atoms with Crippen LogP contribution in [0.2, 0.25) is 0 Å². The third kappa shape index (κ3) is 5.02. The molecule has 9 nitrogen and oxygen atoms in total. The number of hydrogen-bond donors (Lipinski definition) is 2. The molecule has 1 amide bonds. The van der Waals surface area contributed by atoms with E-state index in [1.807, 2.05) is 46.8 Å². The summed E-state index contributed by atoms with van der Waals surface area (Å²) in [5.74, 6) is 0.880. The Hall–Kier alpha value is -3.11. The van der Waals surface area contributed by atoms with Gasteiger partial charge in [-0.25, -0.2) is 0 Å². The molecule has 0 aliphatic rings. The maximum atomic E-state index is 13.0. The number of anilines is 3. The highest BCUT2D eigenvalue weighted by Gasteiger charge is 2.31. The summed E-state index contributed by atoms with van der Waals surface area (Å²) in [5.41, 5.74) is 1.94. The van der Waals surface area contributed by atoms with Gasteiger partial charge < -0.3 is 29.2 Å². The number of benzene rings is 1. The molecule has 34 heavy (non-hydrogen) atoms. The number of aryl methyl sites for hydroxylation is 1. The van der Waals surface area contributed by atoms with Crippen molar-refractivity contribution < 1.29 is 18.9 Å². The minimum absolute atomic E-state index is 0.165. The summed E-state index contributed by atoms with van der Waals surface area (Å²) < 4.78 is 26.2. The van der Waals surface area contributed by atoms with Crippen molar-refractivity contribution in [2.24, 2.45) is 0 Å². The zero-order valence-corrected chi connectivity index (χ0v) is 21.8. The fourth-order valence-electron chi connectivity index (χ4n) is 3.77. The minimum Gasteiger partial charge on any atom is -0.546 e. The van der Waals surface area contributed by atoms with Crippen molar-refractivity contribution in [2.75, 3.05) is 31.4 Å². The first-order chi connectivity index (χ1) is 15.8. The van der Waals surface area contributed by atoms with Gasteiger partial charge in [0.05, 0.1) is 23.6 Å². The lowest BCUT2D eigenvalue weighted by molar-refractivity contribution is 0.0822. The minimum atomic E-state index is -1.81. The van der Waals surface area contributed by atoms with Crippen LogP contribution in [0.15, 0.2) is 28.9 Å². The Morgan fingerprint density at radius 2 is 1.94 bits per heavy atom. The third-order valence-electron chi connectivity index (χ3n) is 5.62. The molecule has 0 radical (unpaired) electrons. The molecule has 1 aromatic carbocycles. The molecule has 2 atom stereocenters. The smallest absolute Gasteiger partial charge is 0.257 e. The van der Waals surface area contributed by atoms with Gasteiger partial charge in [0.15, 0.2) is 16.9 Å². The van der Waals surface area contributed by atoms with Crippen LogP contribution >= 0.6 is 11.1 Å². The highest BCUT2D eigenvalue weighted by Crippen LogP contribution is 2.42. The summed E-state index contributed by atoms with van der Waals surface area (Å²) in [7, 11) is 4.97. The quantitative estimate of drug-likeness (QED) is 0.440. The average Bonchev–Trinajstić information content (AvgIpc) is 3.35. The first kappa shape index (κ1) is 25.5. The molecule has 0 aliphatic carbocycles. The first-order valence-electron chi connectivity index (χ1n) is 11.1. The maximum absolute atomic E-state index is 13.0. The molecule has 184 valence electrons. The lowest BCUT2D eigenvalue weighted by Gasteiger charge is -2.27. The molecule has 0 saturated heterocycles. The zero-order valence-electron chi connectivity index (χ0n) is 21.0. The summed E-state index contributed by atoms with van der Waals surface area (Å²) >= 11 is -1.81. The molecule has 0 bridgehead atoms. The largest absolute Gasteiger partial charge is 0.546 e. The molecule has 3 aromatic rings. The Balaban J connectivity index is 2.06. The van der Waals surface area contributed by atoms with Crippen LogP contribution in [0, 0.1) is 6.92 Å². The van der Waals surface area contributed by atoms with E-state index in [2.05, 4.69) is 14.1 Å². The lowest BCUT2D eigenvalue weighted by atomic mass is 9.82. The fourth-order valence-corrected chi connectivity index (χ4v) is 4.46. The molecule has 3 rings (SSSR count).